The standard InChI is InChI=1S/C20H25NO3/c1-5-23-18-10-12-19(13-11-18)24-15(4)20(22)21-17-8-6-16(7-9-17)14(2)3/h6-15H,5H2,1-4H3,(H,21,22). The van der Waals surface area contributed by atoms with E-state index in [4.69, 9.17) is 9.47 Å². The molecule has 1 N–H and O–H groups in total. The summed E-state index contributed by atoms with van der Waals surface area (Å²) in [6, 6.07) is 15.1. The lowest BCUT2D eigenvalue weighted by Crippen LogP contribution is -2.30. The number of carbonyl (C=O) groups is 1. The van der Waals surface area contributed by atoms with Gasteiger partial charge >= 0.3 is 0 Å². The number of benzene rings is 2. The van der Waals surface area contributed by atoms with Crippen molar-refractivity contribution < 1.29 is 14.3 Å². The highest BCUT2D eigenvalue weighted by Crippen LogP contribution is 2.20. The van der Waals surface area contributed by atoms with Gasteiger partial charge in [-0.15, -0.1) is 0 Å². The summed E-state index contributed by atoms with van der Waals surface area (Å²) in [6.07, 6.45) is -0.590. The lowest BCUT2D eigenvalue weighted by atomic mass is 10.0. The fraction of sp³-hybridized carbons (Fsp3) is 0.350. The molecule has 0 fully saturated rings. The van der Waals surface area contributed by atoms with Gasteiger partial charge in [-0.2, -0.15) is 0 Å². The zero-order chi connectivity index (χ0) is 17.5. The minimum absolute atomic E-state index is 0.179. The molecular formula is C20H25NO3. The van der Waals surface area contributed by atoms with Gasteiger partial charge in [0.15, 0.2) is 6.10 Å². The van der Waals surface area contributed by atoms with E-state index in [0.717, 1.165) is 11.4 Å². The van der Waals surface area contributed by atoms with Gasteiger partial charge in [0.25, 0.3) is 5.91 Å². The fourth-order valence-electron chi connectivity index (χ4n) is 2.23. The van der Waals surface area contributed by atoms with E-state index in [0.29, 0.717) is 18.3 Å². The number of carbonyl (C=O) groups excluding carboxylic acids is 1. The van der Waals surface area contributed by atoms with E-state index in [1.807, 2.05) is 43.3 Å². The Morgan fingerprint density at radius 1 is 0.958 bits per heavy atom. The number of hydrogen-bond donors (Lipinski definition) is 1. The molecule has 0 radical (unpaired) electrons. The van der Waals surface area contributed by atoms with Gasteiger partial charge in [0.1, 0.15) is 11.5 Å². The van der Waals surface area contributed by atoms with E-state index < -0.39 is 6.10 Å². The van der Waals surface area contributed by atoms with E-state index >= 15 is 0 Å². The Morgan fingerprint density at radius 2 is 1.54 bits per heavy atom. The quantitative estimate of drug-likeness (QED) is 0.807. The zero-order valence-corrected chi connectivity index (χ0v) is 14.7. The number of rotatable bonds is 7. The van der Waals surface area contributed by atoms with Crippen LogP contribution in [0.2, 0.25) is 0 Å². The second-order valence-corrected chi connectivity index (χ2v) is 5.93. The van der Waals surface area contributed by atoms with Gasteiger partial charge in [-0.3, -0.25) is 4.79 Å². The summed E-state index contributed by atoms with van der Waals surface area (Å²) in [7, 11) is 0. The summed E-state index contributed by atoms with van der Waals surface area (Å²) < 4.78 is 11.1. The van der Waals surface area contributed by atoms with Crippen LogP contribution in [0.25, 0.3) is 0 Å². The predicted octanol–water partition coefficient (Wildman–Crippen LogP) is 4.61. The Hall–Kier alpha value is -2.49. The number of nitrogens with one attached hydrogen (secondary N) is 1. The first-order valence-corrected chi connectivity index (χ1v) is 8.30. The molecule has 24 heavy (non-hydrogen) atoms. The molecule has 0 saturated heterocycles. The third-order valence-corrected chi connectivity index (χ3v) is 3.66. The summed E-state index contributed by atoms with van der Waals surface area (Å²) in [4.78, 5) is 12.2. The van der Waals surface area contributed by atoms with Crippen molar-refractivity contribution in [2.45, 2.75) is 39.7 Å². The van der Waals surface area contributed by atoms with E-state index in [9.17, 15) is 4.79 Å². The molecule has 128 valence electrons. The number of ether oxygens (including phenoxy) is 2. The second-order valence-electron chi connectivity index (χ2n) is 5.93. The van der Waals surface area contributed by atoms with Gasteiger partial charge in [-0.25, -0.2) is 0 Å². The van der Waals surface area contributed by atoms with Crippen molar-refractivity contribution >= 4 is 11.6 Å². The van der Waals surface area contributed by atoms with Crippen LogP contribution >= 0.6 is 0 Å². The van der Waals surface area contributed by atoms with Gasteiger partial charge in [0.05, 0.1) is 6.61 Å². The highest BCUT2D eigenvalue weighted by Gasteiger charge is 2.15. The summed E-state index contributed by atoms with van der Waals surface area (Å²) in [5, 5.41) is 2.87. The molecule has 2 aromatic carbocycles. The van der Waals surface area contributed by atoms with E-state index in [2.05, 4.69) is 19.2 Å². The van der Waals surface area contributed by atoms with Crippen molar-refractivity contribution in [2.75, 3.05) is 11.9 Å². The zero-order valence-electron chi connectivity index (χ0n) is 14.7. The monoisotopic (exact) mass is 327 g/mol. The lowest BCUT2D eigenvalue weighted by molar-refractivity contribution is -0.122. The Bertz CT molecular complexity index is 648. The maximum Gasteiger partial charge on any atom is 0.265 e. The normalized spacial score (nSPS) is 11.9. The number of hydrogen-bond acceptors (Lipinski definition) is 3. The Kier molecular flexibility index (Phi) is 6.24. The third kappa shape index (κ3) is 5.01. The molecule has 0 bridgehead atoms. The van der Waals surface area contributed by atoms with Crippen molar-refractivity contribution in [3.8, 4) is 11.5 Å². The topological polar surface area (TPSA) is 47.6 Å². The van der Waals surface area contributed by atoms with Gasteiger partial charge in [-0.1, -0.05) is 26.0 Å². The summed E-state index contributed by atoms with van der Waals surface area (Å²) >= 11 is 0. The summed E-state index contributed by atoms with van der Waals surface area (Å²) in [5.74, 6) is 1.71. The maximum atomic E-state index is 12.2. The van der Waals surface area contributed by atoms with E-state index in [1.165, 1.54) is 5.56 Å². The van der Waals surface area contributed by atoms with Gasteiger partial charge in [-0.05, 0) is 61.7 Å². The SMILES string of the molecule is CCOc1ccc(OC(C)C(=O)Nc2ccc(C(C)C)cc2)cc1. The first kappa shape index (κ1) is 17.9. The first-order chi connectivity index (χ1) is 11.5. The van der Waals surface area contributed by atoms with Crippen LogP contribution < -0.4 is 14.8 Å². The van der Waals surface area contributed by atoms with E-state index in [-0.39, 0.29) is 5.91 Å². The van der Waals surface area contributed by atoms with Gasteiger partial charge in [0, 0.05) is 5.69 Å². The van der Waals surface area contributed by atoms with Crippen molar-refractivity contribution in [1.29, 1.82) is 0 Å². The number of amides is 1. The minimum Gasteiger partial charge on any atom is -0.494 e. The summed E-state index contributed by atoms with van der Waals surface area (Å²) in [5.41, 5.74) is 2.01. The van der Waals surface area contributed by atoms with Gasteiger partial charge < -0.3 is 14.8 Å². The van der Waals surface area contributed by atoms with Crippen molar-refractivity contribution in [2.24, 2.45) is 0 Å². The molecule has 0 aliphatic carbocycles. The molecule has 0 aromatic heterocycles. The summed E-state index contributed by atoms with van der Waals surface area (Å²) in [6.45, 7) is 8.56. The highest BCUT2D eigenvalue weighted by atomic mass is 16.5. The molecular weight excluding hydrogens is 302 g/mol. The van der Waals surface area contributed by atoms with Crippen LogP contribution in [-0.4, -0.2) is 18.6 Å². The lowest BCUT2D eigenvalue weighted by Gasteiger charge is -2.15. The molecule has 1 atom stereocenters. The molecule has 0 aliphatic heterocycles. The van der Waals surface area contributed by atoms with Crippen LogP contribution in [0.15, 0.2) is 48.5 Å². The molecule has 4 heteroatoms. The van der Waals surface area contributed by atoms with Crippen LogP contribution in [0, 0.1) is 0 Å². The minimum atomic E-state index is -0.590. The number of anilines is 1. The Morgan fingerprint density at radius 3 is 2.08 bits per heavy atom. The first-order valence-electron chi connectivity index (χ1n) is 8.30. The van der Waals surface area contributed by atoms with E-state index in [1.54, 1.807) is 19.1 Å². The Balaban J connectivity index is 1.91. The average Bonchev–Trinajstić information content (AvgIpc) is 2.57. The molecule has 1 amide bonds. The average molecular weight is 327 g/mol. The highest BCUT2D eigenvalue weighted by molar-refractivity contribution is 5.94. The van der Waals surface area contributed by atoms with Crippen LogP contribution in [0.4, 0.5) is 5.69 Å². The molecule has 0 spiro atoms. The van der Waals surface area contributed by atoms with Crippen LogP contribution in [0.5, 0.6) is 11.5 Å². The molecule has 0 saturated carbocycles. The Labute approximate surface area is 143 Å². The van der Waals surface area contributed by atoms with Crippen LogP contribution in [-0.2, 0) is 4.79 Å². The maximum absolute atomic E-state index is 12.2. The smallest absolute Gasteiger partial charge is 0.265 e. The largest absolute Gasteiger partial charge is 0.494 e. The molecule has 2 rings (SSSR count). The predicted molar refractivity (Wildman–Crippen MR) is 96.9 cm³/mol. The second kappa shape index (κ2) is 8.39. The molecule has 0 aliphatic rings. The fourth-order valence-corrected chi connectivity index (χ4v) is 2.23. The molecule has 4 nitrogen and oxygen atoms in total. The molecule has 2 aromatic rings. The van der Waals surface area contributed by atoms with Crippen molar-refractivity contribution in [3.63, 3.8) is 0 Å². The molecule has 1 unspecified atom stereocenters. The van der Waals surface area contributed by atoms with Crippen LogP contribution in [0.1, 0.15) is 39.2 Å². The van der Waals surface area contributed by atoms with Crippen molar-refractivity contribution in [1.82, 2.24) is 0 Å². The van der Waals surface area contributed by atoms with Crippen LogP contribution in [0.3, 0.4) is 0 Å². The van der Waals surface area contributed by atoms with Crippen molar-refractivity contribution in [3.05, 3.63) is 54.1 Å². The molecule has 0 heterocycles. The van der Waals surface area contributed by atoms with Gasteiger partial charge in [0.2, 0.25) is 0 Å². The third-order valence-electron chi connectivity index (χ3n) is 3.66.